The lowest BCUT2D eigenvalue weighted by atomic mass is 10.5. The first-order valence-electron chi connectivity index (χ1n) is 3.97. The second-order valence-electron chi connectivity index (χ2n) is 3.16. The summed E-state index contributed by atoms with van der Waals surface area (Å²) in [6.45, 7) is 6.21. The van der Waals surface area contributed by atoms with E-state index in [0.29, 0.717) is 18.5 Å². The first-order valence-corrected chi connectivity index (χ1v) is 4.76. The van der Waals surface area contributed by atoms with E-state index in [1.54, 1.807) is 0 Å². The molecule has 1 rings (SSSR count). The van der Waals surface area contributed by atoms with E-state index < -0.39 is 0 Å². The molecule has 4 heteroatoms. The van der Waals surface area contributed by atoms with Crippen molar-refractivity contribution in [2.75, 3.05) is 6.54 Å². The van der Waals surface area contributed by atoms with Crippen molar-refractivity contribution in [1.82, 2.24) is 10.6 Å². The van der Waals surface area contributed by atoms with Gasteiger partial charge in [0.05, 0.1) is 6.54 Å². The Balaban J connectivity index is 2.08. The van der Waals surface area contributed by atoms with Crippen LogP contribution in [0.4, 0.5) is 4.79 Å². The quantitative estimate of drug-likeness (QED) is 0.763. The van der Waals surface area contributed by atoms with Crippen LogP contribution in [0.25, 0.3) is 0 Å². The van der Waals surface area contributed by atoms with E-state index in [9.17, 15) is 4.79 Å². The monoisotopic (exact) mass is 232 g/mol. The Labute approximate surface area is 80.7 Å². The number of hydrogen-bond acceptors (Lipinski definition) is 1. The third kappa shape index (κ3) is 3.26. The van der Waals surface area contributed by atoms with Crippen molar-refractivity contribution in [1.29, 1.82) is 0 Å². The number of urea groups is 1. The molecule has 0 heterocycles. The molecule has 1 aliphatic rings. The Bertz CT molecular complexity index is 205. The maximum atomic E-state index is 11.1. The fourth-order valence-electron chi connectivity index (χ4n) is 0.919. The summed E-state index contributed by atoms with van der Waals surface area (Å²) in [4.78, 5) is 11.1. The lowest BCUT2D eigenvalue weighted by Crippen LogP contribution is -2.37. The van der Waals surface area contributed by atoms with Gasteiger partial charge in [0, 0.05) is 10.5 Å². The smallest absolute Gasteiger partial charge is 0.315 e. The molecule has 0 saturated heterocycles. The van der Waals surface area contributed by atoms with Gasteiger partial charge >= 0.3 is 6.03 Å². The lowest BCUT2D eigenvalue weighted by Gasteiger charge is -2.05. The minimum absolute atomic E-state index is 0.107. The molecule has 2 amide bonds. The van der Waals surface area contributed by atoms with Crippen LogP contribution in [0.5, 0.6) is 0 Å². The minimum atomic E-state index is -0.107. The molecule has 0 aromatic rings. The summed E-state index contributed by atoms with van der Waals surface area (Å²) in [6.07, 6.45) is 1.10. The fraction of sp³-hybridized carbons (Fsp3) is 0.625. The number of rotatable bonds is 3. The summed E-state index contributed by atoms with van der Waals surface area (Å²) >= 11 is 3.16. The molecule has 0 aliphatic heterocycles. The number of nitrogens with one attached hydrogen (secondary N) is 2. The Kier molecular flexibility index (Phi) is 3.14. The summed E-state index contributed by atoms with van der Waals surface area (Å²) in [5.41, 5.74) is 0. The van der Waals surface area contributed by atoms with E-state index in [-0.39, 0.29) is 6.03 Å². The van der Waals surface area contributed by atoms with Crippen molar-refractivity contribution >= 4 is 22.0 Å². The Morgan fingerprint density at radius 2 is 2.33 bits per heavy atom. The topological polar surface area (TPSA) is 41.1 Å². The molecule has 1 saturated carbocycles. The molecule has 2 atom stereocenters. The number of carbonyl (C=O) groups is 1. The number of halogens is 1. The summed E-state index contributed by atoms with van der Waals surface area (Å²) in [5.74, 6) is 0.642. The largest absolute Gasteiger partial charge is 0.335 e. The van der Waals surface area contributed by atoms with E-state index in [2.05, 4.69) is 40.1 Å². The highest BCUT2D eigenvalue weighted by Gasteiger charge is 2.33. The molecule has 0 aromatic heterocycles. The van der Waals surface area contributed by atoms with Crippen molar-refractivity contribution in [3.05, 3.63) is 11.1 Å². The molecule has 68 valence electrons. The molecule has 0 aromatic carbocycles. The third-order valence-electron chi connectivity index (χ3n) is 1.87. The van der Waals surface area contributed by atoms with Gasteiger partial charge in [-0.25, -0.2) is 4.79 Å². The van der Waals surface area contributed by atoms with E-state index in [1.807, 2.05) is 0 Å². The second-order valence-corrected chi connectivity index (χ2v) is 4.29. The zero-order chi connectivity index (χ0) is 9.14. The van der Waals surface area contributed by atoms with Crippen LogP contribution in [-0.4, -0.2) is 18.6 Å². The van der Waals surface area contributed by atoms with Crippen molar-refractivity contribution in [2.45, 2.75) is 19.4 Å². The van der Waals surface area contributed by atoms with Crippen molar-refractivity contribution in [3.63, 3.8) is 0 Å². The SMILES string of the molecule is C=C(Br)CNC(=O)NC1CC1C. The van der Waals surface area contributed by atoms with Gasteiger partial charge in [-0.05, 0) is 12.3 Å². The van der Waals surface area contributed by atoms with Gasteiger partial charge in [-0.15, -0.1) is 0 Å². The highest BCUT2D eigenvalue weighted by Crippen LogP contribution is 2.28. The molecule has 2 N–H and O–H groups in total. The summed E-state index contributed by atoms with van der Waals surface area (Å²) < 4.78 is 0.779. The normalized spacial score (nSPS) is 26.2. The Morgan fingerprint density at radius 3 is 2.75 bits per heavy atom. The van der Waals surface area contributed by atoms with Crippen LogP contribution in [-0.2, 0) is 0 Å². The summed E-state index contributed by atoms with van der Waals surface area (Å²) in [5, 5.41) is 5.52. The maximum absolute atomic E-state index is 11.1. The first-order chi connectivity index (χ1) is 5.59. The molecular weight excluding hydrogens is 220 g/mol. The predicted octanol–water partition coefficient (Wildman–Crippen LogP) is 1.60. The number of carbonyl (C=O) groups excluding carboxylic acids is 1. The van der Waals surface area contributed by atoms with E-state index in [0.717, 1.165) is 10.9 Å². The number of amides is 2. The van der Waals surface area contributed by atoms with Crippen LogP contribution in [0.15, 0.2) is 11.1 Å². The molecule has 1 fully saturated rings. The van der Waals surface area contributed by atoms with Gasteiger partial charge in [-0.1, -0.05) is 29.4 Å². The second kappa shape index (κ2) is 3.94. The highest BCUT2D eigenvalue weighted by molar-refractivity contribution is 9.11. The fourth-order valence-corrected chi connectivity index (χ4v) is 1.06. The zero-order valence-electron chi connectivity index (χ0n) is 7.06. The Morgan fingerprint density at radius 1 is 1.75 bits per heavy atom. The zero-order valence-corrected chi connectivity index (χ0v) is 8.65. The highest BCUT2D eigenvalue weighted by atomic mass is 79.9. The number of hydrogen-bond donors (Lipinski definition) is 2. The summed E-state index contributed by atoms with van der Waals surface area (Å²) in [6, 6.07) is 0.276. The van der Waals surface area contributed by atoms with Gasteiger partial charge in [-0.3, -0.25) is 0 Å². The van der Waals surface area contributed by atoms with Crippen LogP contribution in [0.2, 0.25) is 0 Å². The van der Waals surface area contributed by atoms with Crippen LogP contribution in [0.1, 0.15) is 13.3 Å². The molecule has 0 spiro atoms. The van der Waals surface area contributed by atoms with Gasteiger partial charge in [0.25, 0.3) is 0 Å². The average Bonchev–Trinajstić information content (AvgIpc) is 2.62. The first kappa shape index (κ1) is 9.58. The Hall–Kier alpha value is -0.510. The standard InChI is InChI=1S/C8H13BrN2O/c1-5-3-7(5)11-8(12)10-4-6(2)9/h5,7H,2-4H2,1H3,(H2,10,11,12). The van der Waals surface area contributed by atoms with Crippen molar-refractivity contribution in [3.8, 4) is 0 Å². The van der Waals surface area contributed by atoms with E-state index in [1.165, 1.54) is 0 Å². The molecular formula is C8H13BrN2O. The third-order valence-corrected chi connectivity index (χ3v) is 2.15. The molecule has 0 bridgehead atoms. The van der Waals surface area contributed by atoms with Crippen molar-refractivity contribution < 1.29 is 4.79 Å². The van der Waals surface area contributed by atoms with Gasteiger partial charge < -0.3 is 10.6 Å². The van der Waals surface area contributed by atoms with Crippen LogP contribution in [0.3, 0.4) is 0 Å². The van der Waals surface area contributed by atoms with Gasteiger partial charge in [-0.2, -0.15) is 0 Å². The van der Waals surface area contributed by atoms with Gasteiger partial charge in [0.1, 0.15) is 0 Å². The predicted molar refractivity (Wildman–Crippen MR) is 52.2 cm³/mol. The van der Waals surface area contributed by atoms with Gasteiger partial charge in [0.2, 0.25) is 0 Å². The van der Waals surface area contributed by atoms with E-state index in [4.69, 9.17) is 0 Å². The van der Waals surface area contributed by atoms with Crippen LogP contribution >= 0.6 is 15.9 Å². The molecule has 12 heavy (non-hydrogen) atoms. The lowest BCUT2D eigenvalue weighted by molar-refractivity contribution is 0.241. The summed E-state index contributed by atoms with van der Waals surface area (Å²) in [7, 11) is 0. The van der Waals surface area contributed by atoms with Crippen molar-refractivity contribution in [2.24, 2.45) is 5.92 Å². The van der Waals surface area contributed by atoms with Crippen LogP contribution < -0.4 is 10.6 Å². The molecule has 1 aliphatic carbocycles. The van der Waals surface area contributed by atoms with Crippen LogP contribution in [0, 0.1) is 5.92 Å². The minimum Gasteiger partial charge on any atom is -0.335 e. The molecule has 0 radical (unpaired) electrons. The average molecular weight is 233 g/mol. The van der Waals surface area contributed by atoms with Gasteiger partial charge in [0.15, 0.2) is 0 Å². The molecule has 2 unspecified atom stereocenters. The molecule has 3 nitrogen and oxygen atoms in total. The van der Waals surface area contributed by atoms with E-state index >= 15 is 0 Å². The maximum Gasteiger partial charge on any atom is 0.315 e.